The Balaban J connectivity index is 0.00000261. The molecule has 0 saturated carbocycles. The van der Waals surface area contributed by atoms with Crippen molar-refractivity contribution >= 4 is 30.1 Å². The van der Waals surface area contributed by atoms with Gasteiger partial charge in [-0.05, 0) is 26.5 Å². The summed E-state index contributed by atoms with van der Waals surface area (Å²) in [5.74, 6) is 0.0476. The quantitative estimate of drug-likeness (QED) is 0.844. The minimum absolute atomic E-state index is 0. The SMILES string of the molecule is CSC(C)(C)[C@H](N)C(=O)N1CCc2c(-c3ccccc3)nn(C)c2CC1.Cl. The maximum atomic E-state index is 12.9. The summed E-state index contributed by atoms with van der Waals surface area (Å²) < 4.78 is 1.70. The molecule has 27 heavy (non-hydrogen) atoms. The van der Waals surface area contributed by atoms with E-state index >= 15 is 0 Å². The summed E-state index contributed by atoms with van der Waals surface area (Å²) in [6.45, 7) is 5.45. The van der Waals surface area contributed by atoms with Crippen LogP contribution in [0.1, 0.15) is 25.1 Å². The van der Waals surface area contributed by atoms with Crippen molar-refractivity contribution in [1.29, 1.82) is 0 Å². The Morgan fingerprint density at radius 1 is 1.22 bits per heavy atom. The number of carbonyl (C=O) groups is 1. The predicted octanol–water partition coefficient (Wildman–Crippen LogP) is 2.91. The number of nitrogens with zero attached hydrogens (tertiary/aromatic N) is 3. The highest BCUT2D eigenvalue weighted by Crippen LogP contribution is 2.29. The van der Waals surface area contributed by atoms with E-state index in [9.17, 15) is 4.79 Å². The van der Waals surface area contributed by atoms with Crippen molar-refractivity contribution in [3.8, 4) is 11.3 Å². The molecule has 2 heterocycles. The molecule has 0 aliphatic carbocycles. The maximum Gasteiger partial charge on any atom is 0.240 e. The van der Waals surface area contributed by atoms with Gasteiger partial charge in [0.25, 0.3) is 0 Å². The number of benzene rings is 1. The predicted molar refractivity (Wildman–Crippen MR) is 115 cm³/mol. The summed E-state index contributed by atoms with van der Waals surface area (Å²) >= 11 is 1.64. The molecule has 0 spiro atoms. The first kappa shape index (κ1) is 21.8. The minimum Gasteiger partial charge on any atom is -0.341 e. The molecule has 3 rings (SSSR count). The molecule has 0 radical (unpaired) electrons. The number of hydrogen-bond donors (Lipinski definition) is 1. The van der Waals surface area contributed by atoms with Crippen molar-refractivity contribution in [2.24, 2.45) is 12.8 Å². The molecule has 0 fully saturated rings. The largest absolute Gasteiger partial charge is 0.341 e. The third-order valence-electron chi connectivity index (χ3n) is 5.43. The van der Waals surface area contributed by atoms with Crippen LogP contribution >= 0.6 is 24.2 Å². The van der Waals surface area contributed by atoms with E-state index in [0.717, 1.165) is 24.1 Å². The number of hydrogen-bond acceptors (Lipinski definition) is 4. The van der Waals surface area contributed by atoms with Gasteiger partial charge in [0.05, 0.1) is 11.7 Å². The lowest BCUT2D eigenvalue weighted by molar-refractivity contribution is -0.133. The summed E-state index contributed by atoms with van der Waals surface area (Å²) in [6, 6.07) is 9.77. The lowest BCUT2D eigenvalue weighted by Gasteiger charge is -2.33. The number of nitrogens with two attached hydrogens (primary N) is 1. The van der Waals surface area contributed by atoms with Crippen molar-refractivity contribution in [3.63, 3.8) is 0 Å². The standard InChI is InChI=1S/C20H28N4OS.ClH/c1-20(2,26-4)18(21)19(25)24-12-10-15-16(11-13-24)23(3)22-17(15)14-8-6-5-7-9-14;/h5-9,18H,10-13,21H2,1-4H3;1H/t18-;/m1./s1. The number of halogens is 1. The van der Waals surface area contributed by atoms with Gasteiger partial charge >= 0.3 is 0 Å². The molecule has 2 aromatic rings. The van der Waals surface area contributed by atoms with Gasteiger partial charge in [-0.3, -0.25) is 9.48 Å². The second kappa shape index (κ2) is 8.67. The van der Waals surface area contributed by atoms with E-state index in [2.05, 4.69) is 12.1 Å². The van der Waals surface area contributed by atoms with Crippen LogP contribution in [0.2, 0.25) is 0 Å². The molecule has 1 aromatic heterocycles. The van der Waals surface area contributed by atoms with Crippen LogP contribution in [0, 0.1) is 0 Å². The zero-order chi connectivity index (χ0) is 18.9. The highest BCUT2D eigenvalue weighted by atomic mass is 35.5. The van der Waals surface area contributed by atoms with Gasteiger partial charge in [-0.15, -0.1) is 12.4 Å². The average molecular weight is 409 g/mol. The van der Waals surface area contributed by atoms with Crippen molar-refractivity contribution in [2.45, 2.75) is 37.5 Å². The normalized spacial score (nSPS) is 15.5. The minimum atomic E-state index is -0.495. The number of thioether (sulfide) groups is 1. The Morgan fingerprint density at radius 2 is 1.85 bits per heavy atom. The molecular weight excluding hydrogens is 380 g/mol. The summed E-state index contributed by atoms with van der Waals surface area (Å²) in [5.41, 5.74) is 10.9. The first-order chi connectivity index (χ1) is 12.3. The molecule has 0 bridgehead atoms. The first-order valence-electron chi connectivity index (χ1n) is 9.05. The second-order valence-corrected chi connectivity index (χ2v) is 8.83. The van der Waals surface area contributed by atoms with Gasteiger partial charge in [-0.1, -0.05) is 30.3 Å². The summed E-state index contributed by atoms with van der Waals surface area (Å²) in [6.07, 6.45) is 3.62. The van der Waals surface area contributed by atoms with Crippen LogP contribution in [-0.4, -0.2) is 50.7 Å². The zero-order valence-corrected chi connectivity index (χ0v) is 18.1. The summed E-state index contributed by atoms with van der Waals surface area (Å²) in [7, 11) is 1.99. The molecule has 1 atom stereocenters. The van der Waals surface area contributed by atoms with E-state index in [1.165, 1.54) is 11.3 Å². The number of amides is 1. The monoisotopic (exact) mass is 408 g/mol. The number of carbonyl (C=O) groups excluding carboxylic acids is 1. The average Bonchev–Trinajstić information content (AvgIpc) is 2.83. The molecular formula is C20H29ClN4OS. The third-order valence-corrected chi connectivity index (χ3v) is 6.73. The van der Waals surface area contributed by atoms with Crippen LogP contribution in [0.25, 0.3) is 11.3 Å². The van der Waals surface area contributed by atoms with Crippen molar-refractivity contribution in [1.82, 2.24) is 14.7 Å². The molecule has 0 unspecified atom stereocenters. The van der Waals surface area contributed by atoms with Crippen molar-refractivity contribution in [2.75, 3.05) is 19.3 Å². The molecule has 0 saturated heterocycles. The lowest BCUT2D eigenvalue weighted by atomic mass is 10.0. The van der Waals surface area contributed by atoms with Crippen LogP contribution in [0.3, 0.4) is 0 Å². The van der Waals surface area contributed by atoms with E-state index in [1.807, 2.05) is 54.9 Å². The molecule has 1 amide bonds. The molecule has 1 aliphatic heterocycles. The van der Waals surface area contributed by atoms with Crippen LogP contribution < -0.4 is 5.73 Å². The van der Waals surface area contributed by atoms with Gasteiger partial charge < -0.3 is 10.6 Å². The molecule has 148 valence electrons. The smallest absolute Gasteiger partial charge is 0.240 e. The highest BCUT2D eigenvalue weighted by Gasteiger charge is 2.35. The highest BCUT2D eigenvalue weighted by molar-refractivity contribution is 8.00. The second-order valence-electron chi connectivity index (χ2n) is 7.37. The van der Waals surface area contributed by atoms with Crippen molar-refractivity contribution in [3.05, 3.63) is 41.6 Å². The van der Waals surface area contributed by atoms with Gasteiger partial charge in [-0.25, -0.2) is 0 Å². The molecule has 1 aliphatic rings. The maximum absolute atomic E-state index is 12.9. The Kier molecular flexibility index (Phi) is 7.00. The Hall–Kier alpha value is -1.50. The van der Waals surface area contributed by atoms with Crippen LogP contribution in [0.5, 0.6) is 0 Å². The fourth-order valence-electron chi connectivity index (χ4n) is 3.45. The van der Waals surface area contributed by atoms with Crippen LogP contribution in [0.15, 0.2) is 30.3 Å². The van der Waals surface area contributed by atoms with Gasteiger partial charge in [0, 0.05) is 48.1 Å². The van der Waals surface area contributed by atoms with E-state index in [4.69, 9.17) is 10.8 Å². The topological polar surface area (TPSA) is 64.2 Å². The summed E-state index contributed by atoms with van der Waals surface area (Å²) in [5, 5.41) is 4.75. The van der Waals surface area contributed by atoms with Crippen LogP contribution in [0.4, 0.5) is 0 Å². The van der Waals surface area contributed by atoms with E-state index in [0.29, 0.717) is 13.1 Å². The molecule has 5 nitrogen and oxygen atoms in total. The number of rotatable bonds is 4. The van der Waals surface area contributed by atoms with Gasteiger partial charge in [0.2, 0.25) is 5.91 Å². The fraction of sp³-hybridized carbons (Fsp3) is 0.500. The number of fused-ring (bicyclic) bond motifs is 1. The molecule has 1 aromatic carbocycles. The number of aryl methyl sites for hydroxylation is 1. The number of aromatic nitrogens is 2. The fourth-order valence-corrected chi connectivity index (χ4v) is 3.80. The Labute approximate surface area is 172 Å². The van der Waals surface area contributed by atoms with Crippen molar-refractivity contribution < 1.29 is 4.79 Å². The Morgan fingerprint density at radius 3 is 2.48 bits per heavy atom. The van der Waals surface area contributed by atoms with Gasteiger partial charge in [-0.2, -0.15) is 16.9 Å². The van der Waals surface area contributed by atoms with Gasteiger partial charge in [0.1, 0.15) is 0 Å². The molecule has 2 N–H and O–H groups in total. The van der Waals surface area contributed by atoms with Crippen LogP contribution in [-0.2, 0) is 24.7 Å². The first-order valence-corrected chi connectivity index (χ1v) is 10.3. The van der Waals surface area contributed by atoms with E-state index < -0.39 is 6.04 Å². The van der Waals surface area contributed by atoms with E-state index in [-0.39, 0.29) is 23.1 Å². The third kappa shape index (κ3) is 4.33. The summed E-state index contributed by atoms with van der Waals surface area (Å²) in [4.78, 5) is 14.9. The van der Waals surface area contributed by atoms with Gasteiger partial charge in [0.15, 0.2) is 0 Å². The zero-order valence-electron chi connectivity index (χ0n) is 16.4. The molecule has 7 heteroatoms. The van der Waals surface area contributed by atoms with E-state index in [1.54, 1.807) is 11.8 Å². The lowest BCUT2D eigenvalue weighted by Crippen LogP contribution is -2.53. The Bertz CT molecular complexity index is 791.